The summed E-state index contributed by atoms with van der Waals surface area (Å²) in [5.74, 6) is -0.129. The van der Waals surface area contributed by atoms with Crippen molar-refractivity contribution in [1.82, 2.24) is 14.2 Å². The number of hydrogen-bond acceptors (Lipinski definition) is 4. The third-order valence-electron chi connectivity index (χ3n) is 4.61. The molecule has 8 heteroatoms. The highest BCUT2D eigenvalue weighted by molar-refractivity contribution is 7.88. The monoisotopic (exact) mass is 397 g/mol. The molecule has 2 aromatic rings. The number of rotatable bonds is 7. The van der Waals surface area contributed by atoms with E-state index in [1.54, 1.807) is 24.3 Å². The molecule has 0 radical (unpaired) electrons. The molecule has 0 unspecified atom stereocenters. The Bertz CT molecular complexity index is 832. The second-order valence-electron chi connectivity index (χ2n) is 6.41. The van der Waals surface area contributed by atoms with Gasteiger partial charge < -0.3 is 9.30 Å². The number of aryl methyl sites for hydroxylation is 1. The van der Waals surface area contributed by atoms with Crippen LogP contribution in [-0.2, 0) is 27.6 Å². The van der Waals surface area contributed by atoms with Crippen LogP contribution < -0.4 is 4.72 Å². The molecule has 2 heterocycles. The molecule has 3 rings (SSSR count). The Morgan fingerprint density at radius 3 is 2.58 bits per heavy atom. The lowest BCUT2D eigenvalue weighted by molar-refractivity contribution is 0.0158. The van der Waals surface area contributed by atoms with Crippen LogP contribution in [0.4, 0.5) is 0 Å². The zero-order chi connectivity index (χ0) is 18.6. The maximum Gasteiger partial charge on any atom is 0.215 e. The first kappa shape index (κ1) is 19.4. The van der Waals surface area contributed by atoms with E-state index in [0.29, 0.717) is 30.3 Å². The summed E-state index contributed by atoms with van der Waals surface area (Å²) in [5, 5.41) is 0.463. The summed E-state index contributed by atoms with van der Waals surface area (Å²) >= 11 is 6.10. The maximum atomic E-state index is 12.6. The number of sulfonamides is 1. The molecule has 6 nitrogen and oxygen atoms in total. The fraction of sp³-hybridized carbons (Fsp3) is 0.444. The van der Waals surface area contributed by atoms with Gasteiger partial charge in [-0.2, -0.15) is 0 Å². The molecule has 1 aliphatic heterocycles. The van der Waals surface area contributed by atoms with Crippen molar-refractivity contribution in [2.24, 2.45) is 7.05 Å². The molecule has 0 saturated carbocycles. The minimum Gasteiger partial charge on any atom is -0.379 e. The van der Waals surface area contributed by atoms with Crippen LogP contribution in [0.25, 0.3) is 0 Å². The largest absolute Gasteiger partial charge is 0.379 e. The Kier molecular flexibility index (Phi) is 6.37. The molecule has 142 valence electrons. The Morgan fingerprint density at radius 1 is 1.19 bits per heavy atom. The molecule has 1 N–H and O–H groups in total. The number of benzene rings is 1. The number of ether oxygens (including phenoxy) is 1. The van der Waals surface area contributed by atoms with Crippen molar-refractivity contribution in [3.8, 4) is 0 Å². The van der Waals surface area contributed by atoms with Gasteiger partial charge in [-0.15, -0.1) is 0 Å². The van der Waals surface area contributed by atoms with Gasteiger partial charge >= 0.3 is 0 Å². The van der Waals surface area contributed by atoms with Crippen LogP contribution in [0.5, 0.6) is 0 Å². The molecule has 1 aliphatic rings. The Labute approximate surface area is 159 Å². The molecule has 0 amide bonds. The summed E-state index contributed by atoms with van der Waals surface area (Å²) < 4.78 is 35.4. The van der Waals surface area contributed by atoms with E-state index in [1.807, 2.05) is 29.9 Å². The Hall–Kier alpha value is -1.38. The summed E-state index contributed by atoms with van der Waals surface area (Å²) in [7, 11) is -1.52. The number of morpholine rings is 1. The van der Waals surface area contributed by atoms with Gasteiger partial charge in [0.05, 0.1) is 25.0 Å². The number of nitrogens with zero attached hydrogens (tertiary/aromatic N) is 2. The second kappa shape index (κ2) is 8.54. The first-order chi connectivity index (χ1) is 12.5. The molecular formula is C18H24ClN3O3S. The molecule has 0 spiro atoms. The van der Waals surface area contributed by atoms with Gasteiger partial charge in [0, 0.05) is 43.6 Å². The molecule has 1 aromatic heterocycles. The lowest BCUT2D eigenvalue weighted by Gasteiger charge is -2.34. The molecule has 26 heavy (non-hydrogen) atoms. The molecule has 1 fully saturated rings. The van der Waals surface area contributed by atoms with E-state index in [-0.39, 0.29) is 11.8 Å². The predicted molar refractivity (Wildman–Crippen MR) is 103 cm³/mol. The molecule has 0 aliphatic carbocycles. The van der Waals surface area contributed by atoms with Crippen molar-refractivity contribution in [2.75, 3.05) is 32.8 Å². The minimum atomic E-state index is -3.50. The fourth-order valence-corrected chi connectivity index (χ4v) is 4.66. The third kappa shape index (κ3) is 4.86. The number of nitrogens with one attached hydrogen (secondary N) is 1. The van der Waals surface area contributed by atoms with Gasteiger partial charge in [-0.3, -0.25) is 4.90 Å². The standard InChI is InChI=1S/C18H24ClN3O3S/c1-21-8-4-7-17(21)18(22-9-11-25-12-10-22)13-20-26(23,24)14-15-5-2-3-6-16(15)19/h2-8,18,20H,9-14H2,1H3/t18-/m1/s1. The van der Waals surface area contributed by atoms with Crippen molar-refractivity contribution in [3.63, 3.8) is 0 Å². The third-order valence-corrected chi connectivity index (χ3v) is 6.28. The van der Waals surface area contributed by atoms with Gasteiger partial charge in [0.2, 0.25) is 10.0 Å². The van der Waals surface area contributed by atoms with E-state index in [4.69, 9.17) is 16.3 Å². The normalized spacial score (nSPS) is 17.3. The summed E-state index contributed by atoms with van der Waals surface area (Å²) in [6, 6.07) is 11.0. The van der Waals surface area contributed by atoms with Gasteiger partial charge in [0.15, 0.2) is 0 Å². The lowest BCUT2D eigenvalue weighted by atomic mass is 10.1. The highest BCUT2D eigenvalue weighted by Gasteiger charge is 2.26. The molecular weight excluding hydrogens is 374 g/mol. The zero-order valence-electron chi connectivity index (χ0n) is 14.8. The fourth-order valence-electron chi connectivity index (χ4n) is 3.21. The van der Waals surface area contributed by atoms with Crippen LogP contribution in [0.15, 0.2) is 42.6 Å². The van der Waals surface area contributed by atoms with Crippen molar-refractivity contribution >= 4 is 21.6 Å². The van der Waals surface area contributed by atoms with E-state index < -0.39 is 10.0 Å². The van der Waals surface area contributed by atoms with Gasteiger partial charge in [-0.25, -0.2) is 13.1 Å². The predicted octanol–water partition coefficient (Wildman–Crippen LogP) is 2.17. The summed E-state index contributed by atoms with van der Waals surface area (Å²) in [5.41, 5.74) is 1.68. The maximum absolute atomic E-state index is 12.6. The van der Waals surface area contributed by atoms with Crippen LogP contribution in [0.3, 0.4) is 0 Å². The summed E-state index contributed by atoms with van der Waals surface area (Å²) in [6.45, 7) is 3.19. The second-order valence-corrected chi connectivity index (χ2v) is 8.62. The van der Waals surface area contributed by atoms with Crippen LogP contribution >= 0.6 is 11.6 Å². The van der Waals surface area contributed by atoms with Crippen LogP contribution in [0.1, 0.15) is 17.3 Å². The molecule has 1 atom stereocenters. The smallest absolute Gasteiger partial charge is 0.215 e. The number of aromatic nitrogens is 1. The molecule has 1 saturated heterocycles. The van der Waals surface area contributed by atoms with Crippen molar-refractivity contribution in [2.45, 2.75) is 11.8 Å². The van der Waals surface area contributed by atoms with E-state index in [2.05, 4.69) is 9.62 Å². The van der Waals surface area contributed by atoms with E-state index in [1.165, 1.54) is 0 Å². The highest BCUT2D eigenvalue weighted by Crippen LogP contribution is 2.22. The summed E-state index contributed by atoms with van der Waals surface area (Å²) in [4.78, 5) is 2.26. The van der Waals surface area contributed by atoms with Crippen LogP contribution in [-0.4, -0.2) is 50.7 Å². The zero-order valence-corrected chi connectivity index (χ0v) is 16.3. The number of halogens is 1. The minimum absolute atomic E-state index is 0.0417. The Balaban J connectivity index is 1.72. The van der Waals surface area contributed by atoms with Crippen LogP contribution in [0, 0.1) is 0 Å². The van der Waals surface area contributed by atoms with E-state index in [9.17, 15) is 8.42 Å². The van der Waals surface area contributed by atoms with Crippen molar-refractivity contribution < 1.29 is 13.2 Å². The Morgan fingerprint density at radius 2 is 1.92 bits per heavy atom. The lowest BCUT2D eigenvalue weighted by Crippen LogP contribution is -2.44. The first-order valence-corrected chi connectivity index (χ1v) is 10.6. The van der Waals surface area contributed by atoms with Gasteiger partial charge in [0.25, 0.3) is 0 Å². The quantitative estimate of drug-likeness (QED) is 0.777. The van der Waals surface area contributed by atoms with Gasteiger partial charge in [-0.05, 0) is 23.8 Å². The van der Waals surface area contributed by atoms with Crippen molar-refractivity contribution in [1.29, 1.82) is 0 Å². The highest BCUT2D eigenvalue weighted by atomic mass is 35.5. The average molecular weight is 398 g/mol. The van der Waals surface area contributed by atoms with Gasteiger partial charge in [-0.1, -0.05) is 29.8 Å². The summed E-state index contributed by atoms with van der Waals surface area (Å²) in [6.07, 6.45) is 1.97. The van der Waals surface area contributed by atoms with Gasteiger partial charge in [0.1, 0.15) is 0 Å². The molecule has 1 aromatic carbocycles. The SMILES string of the molecule is Cn1cccc1[C@@H](CNS(=O)(=O)Cc1ccccc1Cl)N1CCOCC1. The van der Waals surface area contributed by atoms with E-state index in [0.717, 1.165) is 18.8 Å². The number of hydrogen-bond donors (Lipinski definition) is 1. The average Bonchev–Trinajstić information content (AvgIpc) is 3.04. The first-order valence-electron chi connectivity index (χ1n) is 8.60. The molecule has 0 bridgehead atoms. The van der Waals surface area contributed by atoms with Crippen molar-refractivity contribution in [3.05, 3.63) is 58.9 Å². The van der Waals surface area contributed by atoms with Crippen LogP contribution in [0.2, 0.25) is 5.02 Å². The topological polar surface area (TPSA) is 63.6 Å². The van der Waals surface area contributed by atoms with E-state index >= 15 is 0 Å².